The summed E-state index contributed by atoms with van der Waals surface area (Å²) < 4.78 is 0. The predicted molar refractivity (Wildman–Crippen MR) is 133 cm³/mol. The van der Waals surface area contributed by atoms with E-state index in [-0.39, 0.29) is 18.6 Å². The van der Waals surface area contributed by atoms with Crippen molar-refractivity contribution in [2.45, 2.75) is 134 Å². The van der Waals surface area contributed by atoms with Crippen LogP contribution in [0.15, 0.2) is 30.3 Å². The van der Waals surface area contributed by atoms with Crippen molar-refractivity contribution < 1.29 is 20.1 Å². The molecule has 3 N–H and O–H groups in total. The second kappa shape index (κ2) is 19.3. The second-order valence-corrected chi connectivity index (χ2v) is 9.36. The summed E-state index contributed by atoms with van der Waals surface area (Å²) in [7, 11) is 0. The molecule has 1 aromatic carbocycles. The van der Waals surface area contributed by atoms with Gasteiger partial charge < -0.3 is 15.3 Å². The van der Waals surface area contributed by atoms with Gasteiger partial charge in [0.1, 0.15) is 12.2 Å². The number of unbranched alkanes of at least 4 members (excludes halogenated alkanes) is 14. The Hall–Kier alpha value is -1.23. The summed E-state index contributed by atoms with van der Waals surface area (Å²) in [6, 6.07) is 9.28. The van der Waals surface area contributed by atoms with E-state index >= 15 is 0 Å². The molecule has 1 aromatic rings. The molecule has 0 saturated carbocycles. The standard InChI is InChI=1S/C28H48O4/c1-2-3-4-5-6-7-8-9-10-11-12-13-14-15-19-22-25(29)27(31)28(32)26(30)23-24-20-17-16-18-21-24/h16-18,20-21,26-28,30-32H,2-15,19,22-23H2,1H3. The number of hydrogen-bond donors (Lipinski definition) is 3. The van der Waals surface area contributed by atoms with E-state index in [1.165, 1.54) is 77.0 Å². The Morgan fingerprint density at radius 3 is 1.59 bits per heavy atom. The minimum atomic E-state index is -1.51. The van der Waals surface area contributed by atoms with Crippen LogP contribution in [0.25, 0.3) is 0 Å². The molecule has 0 aliphatic carbocycles. The second-order valence-electron chi connectivity index (χ2n) is 9.36. The molecule has 0 aliphatic heterocycles. The van der Waals surface area contributed by atoms with E-state index in [1.54, 1.807) is 0 Å². The van der Waals surface area contributed by atoms with E-state index in [4.69, 9.17) is 0 Å². The summed E-state index contributed by atoms with van der Waals surface area (Å²) in [4.78, 5) is 12.2. The van der Waals surface area contributed by atoms with Crippen molar-refractivity contribution in [1.29, 1.82) is 0 Å². The number of ketones is 1. The first-order valence-electron chi connectivity index (χ1n) is 13.2. The molecule has 0 spiro atoms. The van der Waals surface area contributed by atoms with Gasteiger partial charge in [0.15, 0.2) is 5.78 Å². The van der Waals surface area contributed by atoms with Crippen LogP contribution in [0.2, 0.25) is 0 Å². The van der Waals surface area contributed by atoms with Crippen LogP contribution in [-0.4, -0.2) is 39.4 Å². The van der Waals surface area contributed by atoms with Crippen LogP contribution in [0, 0.1) is 0 Å². The number of aliphatic hydroxyl groups excluding tert-OH is 3. The lowest BCUT2D eigenvalue weighted by Gasteiger charge is -2.22. The fourth-order valence-corrected chi connectivity index (χ4v) is 4.20. The predicted octanol–water partition coefficient (Wildman–Crippen LogP) is 6.14. The Labute approximate surface area is 196 Å². The summed E-state index contributed by atoms with van der Waals surface area (Å²) in [6.45, 7) is 2.26. The number of aliphatic hydroxyl groups is 3. The SMILES string of the molecule is CCCCCCCCCCCCCCCCCC(=O)C(O)C(O)C(O)Cc1ccccc1. The van der Waals surface area contributed by atoms with E-state index in [0.717, 1.165) is 24.8 Å². The lowest BCUT2D eigenvalue weighted by Crippen LogP contribution is -2.43. The van der Waals surface area contributed by atoms with Crippen molar-refractivity contribution in [2.75, 3.05) is 0 Å². The molecule has 3 atom stereocenters. The molecule has 0 amide bonds. The molecule has 0 saturated heterocycles. The quantitative estimate of drug-likeness (QED) is 0.197. The molecule has 0 fully saturated rings. The highest BCUT2D eigenvalue weighted by molar-refractivity contribution is 5.83. The normalized spacial score (nSPS) is 14.2. The van der Waals surface area contributed by atoms with Gasteiger partial charge in [0.2, 0.25) is 0 Å². The smallest absolute Gasteiger partial charge is 0.164 e. The van der Waals surface area contributed by atoms with Gasteiger partial charge in [-0.2, -0.15) is 0 Å². The van der Waals surface area contributed by atoms with Gasteiger partial charge in [0.25, 0.3) is 0 Å². The highest BCUT2D eigenvalue weighted by Gasteiger charge is 2.29. The van der Waals surface area contributed by atoms with Gasteiger partial charge in [0.05, 0.1) is 6.10 Å². The highest BCUT2D eigenvalue weighted by atomic mass is 16.4. The Bertz CT molecular complexity index is 560. The Morgan fingerprint density at radius 1 is 0.688 bits per heavy atom. The molecule has 0 bridgehead atoms. The van der Waals surface area contributed by atoms with Crippen LogP contribution in [0.5, 0.6) is 0 Å². The number of benzene rings is 1. The molecule has 3 unspecified atom stereocenters. The maximum atomic E-state index is 12.2. The fraction of sp³-hybridized carbons (Fsp3) is 0.750. The number of rotatable bonds is 21. The molecule has 0 radical (unpaired) electrons. The monoisotopic (exact) mass is 448 g/mol. The van der Waals surface area contributed by atoms with Crippen LogP contribution >= 0.6 is 0 Å². The summed E-state index contributed by atoms with van der Waals surface area (Å²) in [6.07, 6.45) is 15.3. The fourth-order valence-electron chi connectivity index (χ4n) is 4.20. The lowest BCUT2D eigenvalue weighted by molar-refractivity contribution is -0.138. The Morgan fingerprint density at radius 2 is 1.12 bits per heavy atom. The van der Waals surface area contributed by atoms with Gasteiger partial charge in [-0.1, -0.05) is 127 Å². The highest BCUT2D eigenvalue weighted by Crippen LogP contribution is 2.15. The molecule has 0 aliphatic rings. The largest absolute Gasteiger partial charge is 0.390 e. The van der Waals surface area contributed by atoms with Crippen molar-refractivity contribution in [2.24, 2.45) is 0 Å². The van der Waals surface area contributed by atoms with Crippen LogP contribution in [-0.2, 0) is 11.2 Å². The Kier molecular flexibility index (Phi) is 17.3. The summed E-state index contributed by atoms with van der Waals surface area (Å²) in [5.41, 5.74) is 0.862. The van der Waals surface area contributed by atoms with Crippen LogP contribution in [0.4, 0.5) is 0 Å². The molecular weight excluding hydrogens is 400 g/mol. The third-order valence-corrected chi connectivity index (χ3v) is 6.36. The topological polar surface area (TPSA) is 77.8 Å². The first-order valence-corrected chi connectivity index (χ1v) is 13.2. The minimum absolute atomic E-state index is 0.214. The van der Waals surface area contributed by atoms with E-state index in [1.807, 2.05) is 30.3 Å². The van der Waals surface area contributed by atoms with Crippen molar-refractivity contribution in [1.82, 2.24) is 0 Å². The average Bonchev–Trinajstić information content (AvgIpc) is 2.81. The molecule has 4 nitrogen and oxygen atoms in total. The van der Waals surface area contributed by atoms with Gasteiger partial charge in [-0.3, -0.25) is 4.79 Å². The molecule has 0 heterocycles. The van der Waals surface area contributed by atoms with Crippen molar-refractivity contribution in [3.8, 4) is 0 Å². The van der Waals surface area contributed by atoms with E-state index in [9.17, 15) is 20.1 Å². The first kappa shape index (κ1) is 28.8. The minimum Gasteiger partial charge on any atom is -0.390 e. The summed E-state index contributed by atoms with van der Waals surface area (Å²) in [5, 5.41) is 30.3. The Balaban J connectivity index is 1.97. The third kappa shape index (κ3) is 14.0. The van der Waals surface area contributed by atoms with Gasteiger partial charge in [-0.15, -0.1) is 0 Å². The van der Waals surface area contributed by atoms with E-state index in [0.29, 0.717) is 0 Å². The summed E-state index contributed by atoms with van der Waals surface area (Å²) >= 11 is 0. The maximum absolute atomic E-state index is 12.2. The molecule has 184 valence electrons. The number of carbonyl (C=O) groups excluding carboxylic acids is 1. The van der Waals surface area contributed by atoms with Crippen LogP contribution in [0.3, 0.4) is 0 Å². The molecule has 32 heavy (non-hydrogen) atoms. The maximum Gasteiger partial charge on any atom is 0.164 e. The summed E-state index contributed by atoms with van der Waals surface area (Å²) in [5.74, 6) is -0.376. The van der Waals surface area contributed by atoms with Crippen molar-refractivity contribution in [3.63, 3.8) is 0 Å². The zero-order valence-corrected chi connectivity index (χ0v) is 20.4. The number of Topliss-reactive ketones (excluding diaryl/α,β-unsaturated/α-hetero) is 1. The first-order chi connectivity index (χ1) is 15.6. The molecule has 1 rings (SSSR count). The van der Waals surface area contributed by atoms with Gasteiger partial charge >= 0.3 is 0 Å². The van der Waals surface area contributed by atoms with Crippen LogP contribution < -0.4 is 0 Å². The molecule has 0 aromatic heterocycles. The third-order valence-electron chi connectivity index (χ3n) is 6.36. The van der Waals surface area contributed by atoms with Gasteiger partial charge in [-0.25, -0.2) is 0 Å². The van der Waals surface area contributed by atoms with Crippen molar-refractivity contribution >= 4 is 5.78 Å². The number of carbonyl (C=O) groups is 1. The molecule has 4 heteroatoms. The zero-order chi connectivity index (χ0) is 23.4. The van der Waals surface area contributed by atoms with E-state index in [2.05, 4.69) is 6.92 Å². The van der Waals surface area contributed by atoms with Crippen LogP contribution in [0.1, 0.15) is 115 Å². The van der Waals surface area contributed by atoms with E-state index < -0.39 is 18.3 Å². The van der Waals surface area contributed by atoms with Crippen molar-refractivity contribution in [3.05, 3.63) is 35.9 Å². The average molecular weight is 449 g/mol. The zero-order valence-electron chi connectivity index (χ0n) is 20.4. The number of hydrogen-bond acceptors (Lipinski definition) is 4. The van der Waals surface area contributed by atoms with Gasteiger partial charge in [0, 0.05) is 12.8 Å². The molecular formula is C28H48O4. The lowest BCUT2D eigenvalue weighted by atomic mass is 9.96. The van der Waals surface area contributed by atoms with Gasteiger partial charge in [-0.05, 0) is 12.0 Å².